The van der Waals surface area contributed by atoms with Crippen LogP contribution in [0.3, 0.4) is 0 Å². The number of hydrogen-bond donors (Lipinski definition) is 1. The summed E-state index contributed by atoms with van der Waals surface area (Å²) in [6, 6.07) is 21.5. The molecule has 4 rings (SSSR count). The second-order valence-corrected chi connectivity index (χ2v) is 13.8. The highest BCUT2D eigenvalue weighted by molar-refractivity contribution is 6.99. The largest absolute Gasteiger partial charge is 0.402 e. The Kier molecular flexibility index (Phi) is 6.46. The summed E-state index contributed by atoms with van der Waals surface area (Å²) in [5.74, 6) is 0. The van der Waals surface area contributed by atoms with E-state index in [1.54, 1.807) is 0 Å². The lowest BCUT2D eigenvalue weighted by Gasteiger charge is -2.47. The second-order valence-electron chi connectivity index (χ2n) is 9.50. The van der Waals surface area contributed by atoms with Gasteiger partial charge in [-0.3, -0.25) is 0 Å². The van der Waals surface area contributed by atoms with Gasteiger partial charge in [0.15, 0.2) is 0 Å². The molecule has 4 atom stereocenters. The molecular formula is C25H34O4Si. The van der Waals surface area contributed by atoms with Gasteiger partial charge in [0.1, 0.15) is 6.10 Å². The van der Waals surface area contributed by atoms with Gasteiger partial charge in [0, 0.05) is 13.0 Å². The Hall–Kier alpha value is -1.50. The summed E-state index contributed by atoms with van der Waals surface area (Å²) < 4.78 is 19.1. The maximum absolute atomic E-state index is 9.37. The molecule has 2 saturated heterocycles. The molecule has 2 aliphatic heterocycles. The van der Waals surface area contributed by atoms with Gasteiger partial charge in [-0.25, -0.2) is 0 Å². The topological polar surface area (TPSA) is 51.2 Å². The van der Waals surface area contributed by atoms with Crippen molar-refractivity contribution in [1.29, 1.82) is 0 Å². The summed E-state index contributed by atoms with van der Waals surface area (Å²) in [6.07, 6.45) is 2.86. The monoisotopic (exact) mass is 426 g/mol. The molecule has 0 unspecified atom stereocenters. The van der Waals surface area contributed by atoms with Crippen molar-refractivity contribution in [1.82, 2.24) is 0 Å². The lowest BCUT2D eigenvalue weighted by molar-refractivity contribution is -0.0720. The standard InChI is InChI=1S/C25H34O4Si/c1-25(2,3)30(19-11-6-4-7-12-19,20-13-8-5-9-14-20)29-21-15-10-16-27-22(21)17-23-24(18-26)28-23/h4-9,11-14,21-24,26H,10,15-18H2,1-3H3/t21-,22-,23+,24+/m1/s1. The van der Waals surface area contributed by atoms with Crippen LogP contribution in [0.5, 0.6) is 0 Å². The van der Waals surface area contributed by atoms with Gasteiger partial charge in [0.05, 0.1) is 24.9 Å². The van der Waals surface area contributed by atoms with E-state index in [4.69, 9.17) is 13.9 Å². The molecule has 1 N–H and O–H groups in total. The van der Waals surface area contributed by atoms with Crippen LogP contribution in [0.2, 0.25) is 5.04 Å². The fraction of sp³-hybridized carbons (Fsp3) is 0.520. The number of hydrogen-bond acceptors (Lipinski definition) is 4. The quantitative estimate of drug-likeness (QED) is 0.545. The summed E-state index contributed by atoms with van der Waals surface area (Å²) in [6.45, 7) is 7.77. The summed E-state index contributed by atoms with van der Waals surface area (Å²) in [5.41, 5.74) is 0. The number of epoxide rings is 1. The van der Waals surface area contributed by atoms with Crippen molar-refractivity contribution < 1.29 is 19.0 Å². The molecule has 0 bridgehead atoms. The molecule has 2 aromatic carbocycles. The van der Waals surface area contributed by atoms with Crippen LogP contribution in [0.15, 0.2) is 60.7 Å². The molecule has 0 spiro atoms. The van der Waals surface area contributed by atoms with Crippen LogP contribution in [0.4, 0.5) is 0 Å². The van der Waals surface area contributed by atoms with Gasteiger partial charge >= 0.3 is 0 Å². The Morgan fingerprint density at radius 1 is 0.933 bits per heavy atom. The molecule has 5 heteroatoms. The Morgan fingerprint density at radius 3 is 2.03 bits per heavy atom. The van der Waals surface area contributed by atoms with E-state index in [1.807, 2.05) is 0 Å². The van der Waals surface area contributed by atoms with E-state index in [1.165, 1.54) is 10.4 Å². The van der Waals surface area contributed by atoms with Crippen molar-refractivity contribution in [3.8, 4) is 0 Å². The maximum atomic E-state index is 9.37. The fourth-order valence-corrected chi connectivity index (χ4v) is 9.60. The molecule has 0 radical (unpaired) electrons. The first-order valence-electron chi connectivity index (χ1n) is 11.1. The lowest BCUT2D eigenvalue weighted by atomic mass is 10.0. The van der Waals surface area contributed by atoms with Gasteiger partial charge in [-0.2, -0.15) is 0 Å². The zero-order valence-electron chi connectivity index (χ0n) is 18.3. The van der Waals surface area contributed by atoms with Gasteiger partial charge in [0.2, 0.25) is 0 Å². The van der Waals surface area contributed by atoms with Gasteiger partial charge in [-0.15, -0.1) is 0 Å². The molecule has 162 valence electrons. The van der Waals surface area contributed by atoms with E-state index in [0.29, 0.717) is 0 Å². The highest BCUT2D eigenvalue weighted by atomic mass is 28.4. The zero-order valence-corrected chi connectivity index (χ0v) is 19.3. The van der Waals surface area contributed by atoms with Crippen molar-refractivity contribution in [2.24, 2.45) is 0 Å². The van der Waals surface area contributed by atoms with Crippen LogP contribution in [-0.2, 0) is 13.9 Å². The van der Waals surface area contributed by atoms with Crippen molar-refractivity contribution in [3.05, 3.63) is 60.7 Å². The fourth-order valence-electron chi connectivity index (χ4n) is 4.86. The second kappa shape index (κ2) is 8.93. The van der Waals surface area contributed by atoms with Gasteiger partial charge in [-0.05, 0) is 28.3 Å². The third kappa shape index (κ3) is 4.27. The molecule has 2 aliphatic rings. The Balaban J connectivity index is 1.72. The minimum Gasteiger partial charge on any atom is -0.402 e. The minimum absolute atomic E-state index is 0.00181. The van der Waals surface area contributed by atoms with E-state index in [2.05, 4.69) is 81.4 Å². The van der Waals surface area contributed by atoms with Crippen molar-refractivity contribution in [2.75, 3.05) is 13.2 Å². The van der Waals surface area contributed by atoms with E-state index < -0.39 is 8.32 Å². The molecule has 2 fully saturated rings. The average Bonchev–Trinajstić information content (AvgIpc) is 3.51. The predicted octanol–water partition coefficient (Wildman–Crippen LogP) is 3.26. The number of aliphatic hydroxyl groups is 1. The molecule has 0 aromatic heterocycles. The number of aliphatic hydroxyl groups excluding tert-OH is 1. The first-order valence-corrected chi connectivity index (χ1v) is 13.0. The molecule has 30 heavy (non-hydrogen) atoms. The van der Waals surface area contributed by atoms with E-state index in [-0.39, 0.29) is 36.1 Å². The normalized spacial score (nSPS) is 27.1. The summed E-state index contributed by atoms with van der Waals surface area (Å²) in [5, 5.41) is 11.9. The summed E-state index contributed by atoms with van der Waals surface area (Å²) >= 11 is 0. The average molecular weight is 427 g/mol. The maximum Gasteiger partial charge on any atom is 0.261 e. The van der Waals surface area contributed by atoms with Crippen molar-refractivity contribution in [3.63, 3.8) is 0 Å². The van der Waals surface area contributed by atoms with Crippen LogP contribution in [-0.4, -0.2) is 51.1 Å². The summed E-state index contributed by atoms with van der Waals surface area (Å²) in [7, 11) is -2.60. The minimum atomic E-state index is -2.60. The summed E-state index contributed by atoms with van der Waals surface area (Å²) in [4.78, 5) is 0. The Morgan fingerprint density at radius 2 is 1.53 bits per heavy atom. The van der Waals surface area contributed by atoms with E-state index in [9.17, 15) is 5.11 Å². The van der Waals surface area contributed by atoms with Gasteiger partial charge < -0.3 is 19.0 Å². The van der Waals surface area contributed by atoms with Crippen LogP contribution in [0, 0.1) is 0 Å². The van der Waals surface area contributed by atoms with Crippen LogP contribution < -0.4 is 10.4 Å². The number of ether oxygens (including phenoxy) is 2. The smallest absolute Gasteiger partial charge is 0.261 e. The van der Waals surface area contributed by atoms with Crippen LogP contribution >= 0.6 is 0 Å². The number of benzene rings is 2. The van der Waals surface area contributed by atoms with E-state index >= 15 is 0 Å². The van der Waals surface area contributed by atoms with Gasteiger partial charge in [0.25, 0.3) is 8.32 Å². The molecule has 4 nitrogen and oxygen atoms in total. The number of rotatable bonds is 7. The Bertz CT molecular complexity index is 765. The SMILES string of the molecule is CC(C)(C)[Si](O[C@@H]1CCCO[C@@H]1C[C@@H]1O[C@H]1CO)(c1ccccc1)c1ccccc1. The molecule has 0 saturated carbocycles. The predicted molar refractivity (Wildman–Crippen MR) is 122 cm³/mol. The van der Waals surface area contributed by atoms with E-state index in [0.717, 1.165) is 25.9 Å². The van der Waals surface area contributed by atoms with Crippen molar-refractivity contribution >= 4 is 18.7 Å². The lowest BCUT2D eigenvalue weighted by Crippen LogP contribution is -2.68. The molecule has 0 amide bonds. The zero-order chi connectivity index (χ0) is 21.2. The molecule has 0 aliphatic carbocycles. The van der Waals surface area contributed by atoms with Crippen LogP contribution in [0.1, 0.15) is 40.0 Å². The molecule has 2 aromatic rings. The first-order chi connectivity index (χ1) is 14.5. The Labute approximate surface area is 181 Å². The molecular weight excluding hydrogens is 392 g/mol. The highest BCUT2D eigenvalue weighted by Gasteiger charge is 2.53. The van der Waals surface area contributed by atoms with Crippen LogP contribution in [0.25, 0.3) is 0 Å². The first kappa shape index (κ1) is 21.7. The third-order valence-electron chi connectivity index (χ3n) is 6.46. The third-order valence-corrected chi connectivity index (χ3v) is 11.5. The van der Waals surface area contributed by atoms with Gasteiger partial charge in [-0.1, -0.05) is 81.4 Å². The molecule has 2 heterocycles. The highest BCUT2D eigenvalue weighted by Crippen LogP contribution is 2.40. The van der Waals surface area contributed by atoms with Crippen molar-refractivity contribution in [2.45, 2.75) is 69.5 Å².